The monoisotopic (exact) mass is 249 g/mol. The molecule has 96 valence electrons. The van der Waals surface area contributed by atoms with Gasteiger partial charge in [0, 0.05) is 12.7 Å². The minimum absolute atomic E-state index is 0.0484. The Kier molecular flexibility index (Phi) is 3.00. The fourth-order valence-electron chi connectivity index (χ4n) is 1.73. The molecular weight excluding hydrogens is 234 g/mol. The van der Waals surface area contributed by atoms with Gasteiger partial charge in [0.25, 0.3) is 5.91 Å². The first-order chi connectivity index (χ1) is 8.45. The van der Waals surface area contributed by atoms with E-state index in [1.54, 1.807) is 31.0 Å². The number of hydrogen-bond donors (Lipinski definition) is 2. The Hall–Kier alpha value is -2.02. The van der Waals surface area contributed by atoms with Crippen molar-refractivity contribution in [2.45, 2.75) is 25.9 Å². The number of carbonyl (C=O) groups excluding carboxylic acids is 2. The molecule has 2 heterocycles. The van der Waals surface area contributed by atoms with Gasteiger partial charge in [0.1, 0.15) is 12.1 Å². The number of imide groups is 1. The van der Waals surface area contributed by atoms with Crippen molar-refractivity contribution in [3.05, 3.63) is 18.0 Å². The maximum Gasteiger partial charge on any atom is 0.252 e. The molecule has 1 aromatic rings. The van der Waals surface area contributed by atoms with E-state index in [1.165, 1.54) is 0 Å². The molecule has 1 aliphatic rings. The Morgan fingerprint density at radius 3 is 2.89 bits per heavy atom. The van der Waals surface area contributed by atoms with Crippen LogP contribution in [-0.4, -0.2) is 33.9 Å². The molecule has 1 aliphatic heterocycles. The normalized spacial score (nSPS) is 18.7. The zero-order valence-corrected chi connectivity index (χ0v) is 10.3. The Balaban J connectivity index is 2.40. The largest absolute Gasteiger partial charge is 0.325 e. The highest BCUT2D eigenvalue weighted by Gasteiger charge is 2.42. The fraction of sp³-hybridized carbons (Fsp3) is 0.455. The maximum absolute atomic E-state index is 11.8. The van der Waals surface area contributed by atoms with Gasteiger partial charge < -0.3 is 10.6 Å². The lowest BCUT2D eigenvalue weighted by atomic mass is 9.99. The SMILES string of the molecule is CC1(C)C(=O)NC(=O)CN1c1nccc(CN)n1. The molecule has 0 unspecified atom stereocenters. The predicted octanol–water partition coefficient (Wildman–Crippen LogP) is -0.823. The topological polar surface area (TPSA) is 101 Å². The second kappa shape index (κ2) is 4.34. The average molecular weight is 249 g/mol. The van der Waals surface area contributed by atoms with Crippen molar-refractivity contribution in [2.24, 2.45) is 5.73 Å². The number of nitrogens with two attached hydrogens (primary N) is 1. The van der Waals surface area contributed by atoms with E-state index in [1.807, 2.05) is 0 Å². The number of piperazine rings is 1. The quantitative estimate of drug-likeness (QED) is 0.664. The molecule has 0 radical (unpaired) electrons. The van der Waals surface area contributed by atoms with Crippen LogP contribution in [0.1, 0.15) is 19.5 Å². The smallest absolute Gasteiger partial charge is 0.252 e. The minimum Gasteiger partial charge on any atom is -0.325 e. The number of aromatic nitrogens is 2. The van der Waals surface area contributed by atoms with Crippen LogP contribution in [0.2, 0.25) is 0 Å². The van der Waals surface area contributed by atoms with E-state index in [2.05, 4.69) is 15.3 Å². The molecule has 18 heavy (non-hydrogen) atoms. The number of hydrogen-bond acceptors (Lipinski definition) is 6. The van der Waals surface area contributed by atoms with Crippen LogP contribution in [0.3, 0.4) is 0 Å². The zero-order valence-electron chi connectivity index (χ0n) is 10.3. The minimum atomic E-state index is -0.874. The number of carbonyl (C=O) groups is 2. The van der Waals surface area contributed by atoms with E-state index in [0.717, 1.165) is 0 Å². The van der Waals surface area contributed by atoms with E-state index in [0.29, 0.717) is 11.6 Å². The summed E-state index contributed by atoms with van der Waals surface area (Å²) in [5.41, 5.74) is 5.30. The number of rotatable bonds is 2. The highest BCUT2D eigenvalue weighted by molar-refractivity contribution is 6.06. The van der Waals surface area contributed by atoms with Gasteiger partial charge in [0.2, 0.25) is 11.9 Å². The molecule has 1 saturated heterocycles. The summed E-state index contributed by atoms with van der Waals surface area (Å²) in [6.07, 6.45) is 1.57. The van der Waals surface area contributed by atoms with Crippen molar-refractivity contribution in [2.75, 3.05) is 11.4 Å². The summed E-state index contributed by atoms with van der Waals surface area (Å²) < 4.78 is 0. The van der Waals surface area contributed by atoms with Gasteiger partial charge in [-0.05, 0) is 19.9 Å². The first-order valence-electron chi connectivity index (χ1n) is 5.59. The number of anilines is 1. The van der Waals surface area contributed by atoms with Gasteiger partial charge in [-0.1, -0.05) is 0 Å². The molecule has 2 amide bonds. The van der Waals surface area contributed by atoms with Gasteiger partial charge in [-0.15, -0.1) is 0 Å². The summed E-state index contributed by atoms with van der Waals surface area (Å²) in [6, 6.07) is 1.70. The zero-order chi connectivity index (χ0) is 13.3. The van der Waals surface area contributed by atoms with Crippen LogP contribution < -0.4 is 16.0 Å². The summed E-state index contributed by atoms with van der Waals surface area (Å²) >= 11 is 0. The van der Waals surface area contributed by atoms with E-state index < -0.39 is 5.54 Å². The highest BCUT2D eigenvalue weighted by Crippen LogP contribution is 2.23. The fourth-order valence-corrected chi connectivity index (χ4v) is 1.73. The molecular formula is C11H15N5O2. The van der Waals surface area contributed by atoms with Gasteiger partial charge in [-0.3, -0.25) is 14.9 Å². The molecule has 3 N–H and O–H groups in total. The van der Waals surface area contributed by atoms with Crippen LogP contribution in [0.15, 0.2) is 12.3 Å². The van der Waals surface area contributed by atoms with Crippen LogP contribution in [0, 0.1) is 0 Å². The van der Waals surface area contributed by atoms with E-state index in [4.69, 9.17) is 5.73 Å². The Labute approximate surface area is 104 Å². The van der Waals surface area contributed by atoms with Crippen LogP contribution in [-0.2, 0) is 16.1 Å². The molecule has 1 fully saturated rings. The van der Waals surface area contributed by atoms with E-state index in [9.17, 15) is 9.59 Å². The van der Waals surface area contributed by atoms with Crippen molar-refractivity contribution in [3.8, 4) is 0 Å². The molecule has 1 aromatic heterocycles. The van der Waals surface area contributed by atoms with Crippen molar-refractivity contribution in [1.82, 2.24) is 15.3 Å². The summed E-state index contributed by atoms with van der Waals surface area (Å²) in [7, 11) is 0. The average Bonchev–Trinajstić information content (AvgIpc) is 2.34. The van der Waals surface area contributed by atoms with Gasteiger partial charge in [-0.25, -0.2) is 9.97 Å². The van der Waals surface area contributed by atoms with Crippen LogP contribution in [0.5, 0.6) is 0 Å². The van der Waals surface area contributed by atoms with Crippen molar-refractivity contribution < 1.29 is 9.59 Å². The Bertz CT molecular complexity index is 500. The van der Waals surface area contributed by atoms with Crippen LogP contribution >= 0.6 is 0 Å². The highest BCUT2D eigenvalue weighted by atomic mass is 16.2. The third kappa shape index (κ3) is 2.04. The van der Waals surface area contributed by atoms with E-state index >= 15 is 0 Å². The molecule has 0 atom stereocenters. The lowest BCUT2D eigenvalue weighted by molar-refractivity contribution is -0.135. The van der Waals surface area contributed by atoms with E-state index in [-0.39, 0.29) is 24.9 Å². The Morgan fingerprint density at radius 2 is 2.22 bits per heavy atom. The van der Waals surface area contributed by atoms with Gasteiger partial charge in [0.05, 0.1) is 5.69 Å². The summed E-state index contributed by atoms with van der Waals surface area (Å²) in [6.45, 7) is 3.76. The molecule has 2 rings (SSSR count). The van der Waals surface area contributed by atoms with Gasteiger partial charge >= 0.3 is 0 Å². The third-order valence-electron chi connectivity index (χ3n) is 2.94. The van der Waals surface area contributed by atoms with Crippen molar-refractivity contribution in [3.63, 3.8) is 0 Å². The molecule has 0 bridgehead atoms. The Morgan fingerprint density at radius 1 is 1.50 bits per heavy atom. The van der Waals surface area contributed by atoms with Crippen LogP contribution in [0.4, 0.5) is 5.95 Å². The van der Waals surface area contributed by atoms with Crippen molar-refractivity contribution >= 4 is 17.8 Å². The number of nitrogens with zero attached hydrogens (tertiary/aromatic N) is 3. The number of amides is 2. The first kappa shape index (κ1) is 12.4. The molecule has 0 spiro atoms. The molecule has 7 nitrogen and oxygen atoms in total. The lowest BCUT2D eigenvalue weighted by Crippen LogP contribution is -2.64. The standard InChI is InChI=1S/C11H15N5O2/c1-11(2)9(18)15-8(17)6-16(11)10-13-4-3-7(5-12)14-10/h3-4H,5-6,12H2,1-2H3,(H,15,17,18). The predicted molar refractivity (Wildman–Crippen MR) is 64.5 cm³/mol. The summed E-state index contributed by atoms with van der Waals surface area (Å²) in [5, 5.41) is 2.30. The maximum atomic E-state index is 11.8. The summed E-state index contributed by atoms with van der Waals surface area (Å²) in [4.78, 5) is 33.2. The number of nitrogens with one attached hydrogen (secondary N) is 1. The third-order valence-corrected chi connectivity index (χ3v) is 2.94. The second-order valence-electron chi connectivity index (χ2n) is 4.57. The van der Waals surface area contributed by atoms with Gasteiger partial charge in [-0.2, -0.15) is 0 Å². The van der Waals surface area contributed by atoms with Gasteiger partial charge in [0.15, 0.2) is 0 Å². The molecule has 0 saturated carbocycles. The van der Waals surface area contributed by atoms with Crippen LogP contribution in [0.25, 0.3) is 0 Å². The molecule has 7 heteroatoms. The summed E-state index contributed by atoms with van der Waals surface area (Å²) in [5.74, 6) is -0.382. The lowest BCUT2D eigenvalue weighted by Gasteiger charge is -2.40. The molecule has 0 aromatic carbocycles. The molecule has 0 aliphatic carbocycles. The first-order valence-corrected chi connectivity index (χ1v) is 5.59. The van der Waals surface area contributed by atoms with Crippen molar-refractivity contribution in [1.29, 1.82) is 0 Å². The second-order valence-corrected chi connectivity index (χ2v) is 4.57.